The monoisotopic (exact) mass is 461 g/mol. The van der Waals surface area contributed by atoms with Crippen LogP contribution >= 0.6 is 11.8 Å². The second-order valence-electron chi connectivity index (χ2n) is 9.73. The van der Waals surface area contributed by atoms with Crippen molar-refractivity contribution in [1.82, 2.24) is 4.90 Å². The van der Waals surface area contributed by atoms with Gasteiger partial charge in [-0.15, -0.1) is 0 Å². The predicted octanol–water partition coefficient (Wildman–Crippen LogP) is 7.12. The molecule has 2 aromatic rings. The van der Waals surface area contributed by atoms with Crippen LogP contribution in [0.1, 0.15) is 70.1 Å². The van der Waals surface area contributed by atoms with Crippen LogP contribution in [0.2, 0.25) is 0 Å². The van der Waals surface area contributed by atoms with Crippen LogP contribution in [0.3, 0.4) is 0 Å². The van der Waals surface area contributed by atoms with Crippen LogP contribution < -0.4 is 4.90 Å². The molecule has 0 N–H and O–H groups in total. The maximum atomic E-state index is 13.2. The number of para-hydroxylation sites is 1. The van der Waals surface area contributed by atoms with Gasteiger partial charge in [-0.05, 0) is 105 Å². The van der Waals surface area contributed by atoms with Gasteiger partial charge < -0.3 is 4.90 Å². The molecule has 4 nitrogen and oxygen atoms in total. The number of aryl methyl sites for hydroxylation is 1. The minimum absolute atomic E-state index is 0.0380. The zero-order valence-corrected chi connectivity index (χ0v) is 21.5. The van der Waals surface area contributed by atoms with Crippen molar-refractivity contribution in [1.29, 1.82) is 0 Å². The van der Waals surface area contributed by atoms with E-state index in [1.807, 2.05) is 37.3 Å². The Labute approximate surface area is 202 Å². The van der Waals surface area contributed by atoms with Gasteiger partial charge in [0.25, 0.3) is 5.91 Å². The second-order valence-corrected chi connectivity index (χ2v) is 10.7. The van der Waals surface area contributed by atoms with Crippen molar-refractivity contribution < 1.29 is 4.79 Å². The quantitative estimate of drug-likeness (QED) is 0.445. The number of hydrogen-bond donors (Lipinski definition) is 0. The Morgan fingerprint density at radius 2 is 1.91 bits per heavy atom. The highest BCUT2D eigenvalue weighted by molar-refractivity contribution is 8.18. The van der Waals surface area contributed by atoms with Crippen LogP contribution in [0.5, 0.6) is 0 Å². The number of anilines is 1. The highest BCUT2D eigenvalue weighted by atomic mass is 32.2. The van der Waals surface area contributed by atoms with E-state index in [0.717, 1.165) is 40.7 Å². The van der Waals surface area contributed by atoms with Crippen LogP contribution in [0.15, 0.2) is 52.4 Å². The number of nitrogens with zero attached hydrogens (tertiary/aromatic N) is 3. The summed E-state index contributed by atoms with van der Waals surface area (Å²) in [5.74, 6) is 0.520. The molecular weight excluding hydrogens is 426 g/mol. The number of carbonyl (C=O) groups is 1. The first kappa shape index (κ1) is 23.6. The number of amides is 1. The molecule has 2 heterocycles. The van der Waals surface area contributed by atoms with Gasteiger partial charge in [-0.2, -0.15) is 0 Å². The fourth-order valence-corrected chi connectivity index (χ4v) is 6.13. The van der Waals surface area contributed by atoms with Crippen molar-refractivity contribution in [3.05, 3.63) is 64.1 Å². The van der Waals surface area contributed by atoms with Crippen molar-refractivity contribution >= 4 is 40.3 Å². The van der Waals surface area contributed by atoms with Crippen LogP contribution in [0, 0.1) is 6.92 Å². The molecule has 33 heavy (non-hydrogen) atoms. The number of rotatable bonds is 5. The number of amidine groups is 1. The molecule has 2 aliphatic rings. The van der Waals surface area contributed by atoms with Crippen LogP contribution in [-0.4, -0.2) is 34.6 Å². The number of hydrogen-bond acceptors (Lipinski definition) is 4. The summed E-state index contributed by atoms with van der Waals surface area (Å²) in [6.45, 7) is 15.1. The van der Waals surface area contributed by atoms with E-state index in [4.69, 9.17) is 4.99 Å². The maximum Gasteiger partial charge on any atom is 0.266 e. The number of likely N-dealkylation sites (N-methyl/N-ethyl adjacent to an activating group) is 1. The summed E-state index contributed by atoms with van der Waals surface area (Å²) in [5.41, 5.74) is 6.09. The number of thioether (sulfide) groups is 1. The van der Waals surface area contributed by atoms with Gasteiger partial charge in [-0.1, -0.05) is 32.0 Å². The third-order valence-corrected chi connectivity index (χ3v) is 7.70. The molecule has 2 aliphatic heterocycles. The van der Waals surface area contributed by atoms with Crippen molar-refractivity contribution in [3.8, 4) is 0 Å². The summed E-state index contributed by atoms with van der Waals surface area (Å²) in [5, 5.41) is 0.750. The van der Waals surface area contributed by atoms with Crippen LogP contribution in [0.4, 0.5) is 11.4 Å². The molecule has 1 fully saturated rings. The lowest BCUT2D eigenvalue weighted by molar-refractivity contribution is -0.122. The van der Waals surface area contributed by atoms with Crippen LogP contribution in [0.25, 0.3) is 6.08 Å². The summed E-state index contributed by atoms with van der Waals surface area (Å²) in [4.78, 5) is 23.0. The highest BCUT2D eigenvalue weighted by Crippen LogP contribution is 2.45. The zero-order valence-electron chi connectivity index (χ0n) is 20.7. The van der Waals surface area contributed by atoms with Gasteiger partial charge in [0.15, 0.2) is 5.17 Å². The Hall–Kier alpha value is -2.53. The molecule has 2 aromatic carbocycles. The Kier molecular flexibility index (Phi) is 6.71. The summed E-state index contributed by atoms with van der Waals surface area (Å²) in [7, 11) is 0. The van der Waals surface area contributed by atoms with Crippen molar-refractivity contribution in [2.24, 2.45) is 4.99 Å². The van der Waals surface area contributed by atoms with Gasteiger partial charge in [0.05, 0.1) is 10.6 Å². The lowest BCUT2D eigenvalue weighted by Gasteiger charge is -2.48. The number of fused-ring (bicyclic) bond motifs is 1. The molecule has 5 heteroatoms. The molecule has 174 valence electrons. The largest absolute Gasteiger partial charge is 0.366 e. The first-order valence-corrected chi connectivity index (χ1v) is 12.8. The maximum absolute atomic E-state index is 13.2. The van der Waals surface area contributed by atoms with Gasteiger partial charge >= 0.3 is 0 Å². The molecule has 0 aliphatic carbocycles. The van der Waals surface area contributed by atoms with E-state index in [9.17, 15) is 4.79 Å². The minimum atomic E-state index is 0.0380. The van der Waals surface area contributed by atoms with Crippen molar-refractivity contribution in [2.45, 2.75) is 65.8 Å². The third-order valence-electron chi connectivity index (χ3n) is 6.69. The van der Waals surface area contributed by atoms with E-state index in [2.05, 4.69) is 57.7 Å². The SMILES string of the molecule is CCCN1c2cc(C)c(/C=C3/SC(=Nc4ccccc4)N(CC)C3=O)cc2C(C)CC1(C)C. The van der Waals surface area contributed by atoms with Gasteiger partial charge in [0.1, 0.15) is 0 Å². The van der Waals surface area contributed by atoms with Crippen molar-refractivity contribution in [3.63, 3.8) is 0 Å². The molecule has 0 aromatic heterocycles. The van der Waals surface area contributed by atoms with E-state index in [-0.39, 0.29) is 11.4 Å². The lowest BCUT2D eigenvalue weighted by atomic mass is 9.79. The number of carbonyl (C=O) groups excluding carboxylic acids is 1. The van der Waals surface area contributed by atoms with Gasteiger partial charge in [0, 0.05) is 24.3 Å². The molecule has 0 radical (unpaired) electrons. The predicted molar refractivity (Wildman–Crippen MR) is 142 cm³/mol. The normalized spacial score (nSPS) is 22.4. The topological polar surface area (TPSA) is 35.9 Å². The Balaban J connectivity index is 1.72. The van der Waals surface area contributed by atoms with E-state index >= 15 is 0 Å². The molecule has 4 rings (SSSR count). The number of benzene rings is 2. The third kappa shape index (κ3) is 4.61. The molecule has 1 unspecified atom stereocenters. The second kappa shape index (κ2) is 9.38. The molecule has 0 saturated carbocycles. The van der Waals surface area contributed by atoms with E-state index < -0.39 is 0 Å². The first-order chi connectivity index (χ1) is 15.7. The average molecular weight is 462 g/mol. The zero-order chi connectivity index (χ0) is 23.8. The standard InChI is InChI=1S/C28H35N3OS/c1-7-14-31-24-15-19(3)21(16-23(24)20(4)18-28(31,5)6)17-25-26(32)30(8-2)27(33-25)29-22-12-10-9-11-13-22/h9-13,15-17,20H,7-8,14,18H2,1-6H3/b25-17+,29-27?. The van der Waals surface area contributed by atoms with Gasteiger partial charge in [0.2, 0.25) is 0 Å². The Morgan fingerprint density at radius 3 is 2.58 bits per heavy atom. The smallest absolute Gasteiger partial charge is 0.266 e. The minimum Gasteiger partial charge on any atom is -0.366 e. The Morgan fingerprint density at radius 1 is 1.18 bits per heavy atom. The molecule has 1 atom stereocenters. The summed E-state index contributed by atoms with van der Waals surface area (Å²) in [6, 6.07) is 14.5. The Bertz CT molecular complexity index is 1100. The number of aliphatic imine (C=N–C) groups is 1. The fourth-order valence-electron chi connectivity index (χ4n) is 5.08. The molecule has 0 bridgehead atoms. The molecule has 1 amide bonds. The fraction of sp³-hybridized carbons (Fsp3) is 0.429. The van der Waals surface area contributed by atoms with Crippen molar-refractivity contribution in [2.75, 3.05) is 18.0 Å². The average Bonchev–Trinajstić information content (AvgIpc) is 3.06. The molecule has 1 saturated heterocycles. The van der Waals surface area contributed by atoms with E-state index in [0.29, 0.717) is 12.5 Å². The van der Waals surface area contributed by atoms with Gasteiger partial charge in [-0.3, -0.25) is 9.69 Å². The van der Waals surface area contributed by atoms with E-state index in [1.54, 1.807) is 4.90 Å². The summed E-state index contributed by atoms with van der Waals surface area (Å²) >= 11 is 1.47. The highest BCUT2D eigenvalue weighted by Gasteiger charge is 2.37. The first-order valence-electron chi connectivity index (χ1n) is 12.0. The van der Waals surface area contributed by atoms with E-state index in [1.165, 1.54) is 28.6 Å². The van der Waals surface area contributed by atoms with Crippen LogP contribution in [-0.2, 0) is 4.79 Å². The van der Waals surface area contributed by atoms with Gasteiger partial charge in [-0.25, -0.2) is 4.99 Å². The summed E-state index contributed by atoms with van der Waals surface area (Å²) in [6.07, 6.45) is 4.32. The molecule has 0 spiro atoms. The lowest BCUT2D eigenvalue weighted by Crippen LogP contribution is -2.48. The summed E-state index contributed by atoms with van der Waals surface area (Å²) < 4.78 is 0. The molecular formula is C28H35N3OS.